The zero-order valence-electron chi connectivity index (χ0n) is 13.6. The first-order chi connectivity index (χ1) is 9.69. The second-order valence-electron chi connectivity index (χ2n) is 6.83. The third-order valence-corrected chi connectivity index (χ3v) is 4.81. The summed E-state index contributed by atoms with van der Waals surface area (Å²) in [5.41, 5.74) is 0. The largest absolute Gasteiger partial charge is 0.379 e. The standard InChI is InChI=1S/C16H33N3O/c1-4-7-17-16-13-20-12-15(16)11-19(3)10-14-5-8-18(2)9-6-14/h14-17H,4-13H2,1-3H3. The number of ether oxygens (including phenoxy) is 1. The summed E-state index contributed by atoms with van der Waals surface area (Å²) in [4.78, 5) is 4.99. The first-order valence-electron chi connectivity index (χ1n) is 8.37. The molecule has 4 nitrogen and oxygen atoms in total. The fraction of sp³-hybridized carbons (Fsp3) is 1.00. The number of hydrogen-bond donors (Lipinski definition) is 1. The van der Waals surface area contributed by atoms with Gasteiger partial charge in [0.15, 0.2) is 0 Å². The molecule has 2 heterocycles. The topological polar surface area (TPSA) is 27.7 Å². The lowest BCUT2D eigenvalue weighted by Gasteiger charge is -2.33. The first-order valence-corrected chi connectivity index (χ1v) is 8.37. The SMILES string of the molecule is CCCNC1COCC1CN(C)CC1CCN(C)CC1. The average molecular weight is 283 g/mol. The molecule has 2 atom stereocenters. The fourth-order valence-corrected chi connectivity index (χ4v) is 3.49. The molecule has 2 unspecified atom stereocenters. The van der Waals surface area contributed by atoms with Crippen molar-refractivity contribution in [3.63, 3.8) is 0 Å². The molecule has 0 radical (unpaired) electrons. The summed E-state index contributed by atoms with van der Waals surface area (Å²) < 4.78 is 5.68. The van der Waals surface area contributed by atoms with Crippen LogP contribution in [0.4, 0.5) is 0 Å². The molecule has 0 amide bonds. The molecular formula is C16H33N3O. The van der Waals surface area contributed by atoms with Crippen LogP contribution in [0.15, 0.2) is 0 Å². The van der Waals surface area contributed by atoms with Crippen LogP contribution in [0.3, 0.4) is 0 Å². The molecule has 0 aromatic rings. The van der Waals surface area contributed by atoms with Gasteiger partial charge >= 0.3 is 0 Å². The maximum Gasteiger partial charge on any atom is 0.0623 e. The fourth-order valence-electron chi connectivity index (χ4n) is 3.49. The lowest BCUT2D eigenvalue weighted by atomic mass is 9.95. The van der Waals surface area contributed by atoms with Crippen molar-refractivity contribution in [1.82, 2.24) is 15.1 Å². The summed E-state index contributed by atoms with van der Waals surface area (Å²) in [6.07, 6.45) is 3.92. The van der Waals surface area contributed by atoms with Crippen molar-refractivity contribution in [2.24, 2.45) is 11.8 Å². The van der Waals surface area contributed by atoms with Crippen LogP contribution < -0.4 is 5.32 Å². The number of piperidine rings is 1. The maximum atomic E-state index is 5.68. The molecule has 4 heteroatoms. The van der Waals surface area contributed by atoms with Crippen LogP contribution >= 0.6 is 0 Å². The summed E-state index contributed by atoms with van der Waals surface area (Å²) in [5.74, 6) is 1.55. The van der Waals surface area contributed by atoms with Crippen molar-refractivity contribution in [3.8, 4) is 0 Å². The Morgan fingerprint density at radius 1 is 1.20 bits per heavy atom. The number of hydrogen-bond acceptors (Lipinski definition) is 4. The Balaban J connectivity index is 1.69. The second-order valence-corrected chi connectivity index (χ2v) is 6.83. The smallest absolute Gasteiger partial charge is 0.0623 e. The zero-order chi connectivity index (χ0) is 14.4. The van der Waals surface area contributed by atoms with E-state index in [0.717, 1.165) is 25.7 Å². The highest BCUT2D eigenvalue weighted by Gasteiger charge is 2.29. The van der Waals surface area contributed by atoms with Gasteiger partial charge in [0.25, 0.3) is 0 Å². The predicted octanol–water partition coefficient (Wildman–Crippen LogP) is 1.27. The number of nitrogens with zero attached hydrogens (tertiary/aromatic N) is 2. The minimum absolute atomic E-state index is 0.565. The summed E-state index contributed by atoms with van der Waals surface area (Å²) in [6.45, 7) is 10.1. The Morgan fingerprint density at radius 3 is 2.65 bits per heavy atom. The van der Waals surface area contributed by atoms with Gasteiger partial charge in [-0.15, -0.1) is 0 Å². The maximum absolute atomic E-state index is 5.68. The molecule has 0 spiro atoms. The van der Waals surface area contributed by atoms with Gasteiger partial charge < -0.3 is 19.9 Å². The van der Waals surface area contributed by atoms with Crippen molar-refractivity contribution < 1.29 is 4.74 Å². The normalized spacial score (nSPS) is 29.4. The Hall–Kier alpha value is -0.160. The molecule has 0 aliphatic carbocycles. The molecule has 20 heavy (non-hydrogen) atoms. The van der Waals surface area contributed by atoms with Gasteiger partial charge in [0.05, 0.1) is 13.2 Å². The average Bonchev–Trinajstić information content (AvgIpc) is 2.86. The molecule has 0 saturated carbocycles. The molecule has 0 aromatic heterocycles. The number of nitrogens with one attached hydrogen (secondary N) is 1. The van der Waals surface area contributed by atoms with E-state index < -0.39 is 0 Å². The van der Waals surface area contributed by atoms with Crippen molar-refractivity contribution in [3.05, 3.63) is 0 Å². The van der Waals surface area contributed by atoms with Crippen LogP contribution in [0, 0.1) is 11.8 Å². The van der Waals surface area contributed by atoms with Crippen LogP contribution in [0.5, 0.6) is 0 Å². The molecule has 118 valence electrons. The minimum Gasteiger partial charge on any atom is -0.379 e. The van der Waals surface area contributed by atoms with Gasteiger partial charge in [-0.1, -0.05) is 6.92 Å². The Labute approximate surface area is 124 Å². The van der Waals surface area contributed by atoms with Gasteiger partial charge in [-0.05, 0) is 58.9 Å². The van der Waals surface area contributed by atoms with E-state index in [0.29, 0.717) is 12.0 Å². The van der Waals surface area contributed by atoms with Crippen molar-refractivity contribution in [2.75, 3.05) is 60.0 Å². The predicted molar refractivity (Wildman–Crippen MR) is 84.1 cm³/mol. The molecule has 2 aliphatic heterocycles. The first kappa shape index (κ1) is 16.2. The molecule has 2 fully saturated rings. The minimum atomic E-state index is 0.565. The monoisotopic (exact) mass is 283 g/mol. The molecule has 2 rings (SSSR count). The molecule has 2 saturated heterocycles. The molecule has 0 aromatic carbocycles. The molecular weight excluding hydrogens is 250 g/mol. The van der Waals surface area contributed by atoms with Crippen LogP contribution in [0.25, 0.3) is 0 Å². The van der Waals surface area contributed by atoms with E-state index in [1.165, 1.54) is 45.4 Å². The Kier molecular flexibility index (Phi) is 6.75. The van der Waals surface area contributed by atoms with E-state index in [4.69, 9.17) is 4.74 Å². The third-order valence-electron chi connectivity index (χ3n) is 4.81. The highest BCUT2D eigenvalue weighted by atomic mass is 16.5. The van der Waals surface area contributed by atoms with E-state index >= 15 is 0 Å². The lowest BCUT2D eigenvalue weighted by molar-refractivity contribution is 0.150. The summed E-state index contributed by atoms with van der Waals surface area (Å²) in [6, 6.07) is 0.565. The van der Waals surface area contributed by atoms with Gasteiger partial charge in [-0.3, -0.25) is 0 Å². The summed E-state index contributed by atoms with van der Waals surface area (Å²) >= 11 is 0. The van der Waals surface area contributed by atoms with Crippen molar-refractivity contribution in [2.45, 2.75) is 32.2 Å². The summed E-state index contributed by atoms with van der Waals surface area (Å²) in [7, 11) is 4.52. The summed E-state index contributed by atoms with van der Waals surface area (Å²) in [5, 5.41) is 3.64. The van der Waals surface area contributed by atoms with Gasteiger partial charge in [0.1, 0.15) is 0 Å². The lowest BCUT2D eigenvalue weighted by Crippen LogP contribution is -2.43. The van der Waals surface area contributed by atoms with Crippen LogP contribution in [-0.4, -0.2) is 75.9 Å². The quantitative estimate of drug-likeness (QED) is 0.762. The van der Waals surface area contributed by atoms with Gasteiger partial charge in [-0.2, -0.15) is 0 Å². The highest BCUT2D eigenvalue weighted by Crippen LogP contribution is 2.19. The van der Waals surface area contributed by atoms with Gasteiger partial charge in [0, 0.05) is 25.0 Å². The molecule has 0 bridgehead atoms. The molecule has 1 N–H and O–H groups in total. The van der Waals surface area contributed by atoms with Crippen molar-refractivity contribution in [1.29, 1.82) is 0 Å². The van der Waals surface area contributed by atoms with Crippen LogP contribution in [0.1, 0.15) is 26.2 Å². The number of likely N-dealkylation sites (tertiary alicyclic amines) is 1. The van der Waals surface area contributed by atoms with E-state index in [9.17, 15) is 0 Å². The van der Waals surface area contributed by atoms with E-state index in [2.05, 4.69) is 36.1 Å². The van der Waals surface area contributed by atoms with Gasteiger partial charge in [0.2, 0.25) is 0 Å². The Morgan fingerprint density at radius 2 is 1.95 bits per heavy atom. The van der Waals surface area contributed by atoms with Gasteiger partial charge in [-0.25, -0.2) is 0 Å². The van der Waals surface area contributed by atoms with E-state index in [-0.39, 0.29) is 0 Å². The molecule has 2 aliphatic rings. The zero-order valence-corrected chi connectivity index (χ0v) is 13.6. The highest BCUT2D eigenvalue weighted by molar-refractivity contribution is 4.84. The van der Waals surface area contributed by atoms with E-state index in [1.807, 2.05) is 0 Å². The third kappa shape index (κ3) is 4.99. The second kappa shape index (κ2) is 8.32. The van der Waals surface area contributed by atoms with Crippen molar-refractivity contribution >= 4 is 0 Å². The van der Waals surface area contributed by atoms with Crippen LogP contribution in [0.2, 0.25) is 0 Å². The van der Waals surface area contributed by atoms with Crippen LogP contribution in [-0.2, 0) is 4.74 Å². The Bertz CT molecular complexity index is 266. The number of rotatable bonds is 7. The van der Waals surface area contributed by atoms with E-state index in [1.54, 1.807) is 0 Å².